The van der Waals surface area contributed by atoms with Crippen molar-refractivity contribution in [2.75, 3.05) is 51.3 Å². The highest BCUT2D eigenvalue weighted by atomic mass is 35.5. The number of likely N-dealkylation sites (tertiary alicyclic amines) is 1. The van der Waals surface area contributed by atoms with Gasteiger partial charge in [-0.05, 0) is 61.7 Å². The number of halogens is 2. The van der Waals surface area contributed by atoms with E-state index in [1.165, 1.54) is 7.11 Å². The molecule has 9 nitrogen and oxygen atoms in total. The zero-order valence-electron chi connectivity index (χ0n) is 21.9. The van der Waals surface area contributed by atoms with Gasteiger partial charge in [0.1, 0.15) is 5.82 Å². The van der Waals surface area contributed by atoms with E-state index in [-0.39, 0.29) is 5.97 Å². The zero-order chi connectivity index (χ0) is 27.2. The van der Waals surface area contributed by atoms with E-state index < -0.39 is 0 Å². The van der Waals surface area contributed by atoms with Crippen molar-refractivity contribution < 1.29 is 14.3 Å². The van der Waals surface area contributed by atoms with Gasteiger partial charge in [0, 0.05) is 60.8 Å². The van der Waals surface area contributed by atoms with Crippen LogP contribution < -0.4 is 15.0 Å². The quantitative estimate of drug-likeness (QED) is 0.382. The molecular weight excluding hydrogens is 539 g/mol. The summed E-state index contributed by atoms with van der Waals surface area (Å²) >= 11 is 12.6. The van der Waals surface area contributed by atoms with E-state index in [0.717, 1.165) is 75.6 Å². The number of ether oxygens (including phenoxy) is 2. The first-order chi connectivity index (χ1) is 18.9. The first-order valence-corrected chi connectivity index (χ1v) is 13.9. The summed E-state index contributed by atoms with van der Waals surface area (Å²) in [5.74, 6) is 1.84. The van der Waals surface area contributed by atoms with Gasteiger partial charge in [0.15, 0.2) is 0 Å². The zero-order valence-corrected chi connectivity index (χ0v) is 23.4. The highest BCUT2D eigenvalue weighted by Gasteiger charge is 2.22. The molecule has 0 bridgehead atoms. The summed E-state index contributed by atoms with van der Waals surface area (Å²) < 4.78 is 10.9. The standard InChI is InChI=1S/C28H32Cl2N6O3/c1-38-28(37)12-19-2-6-35(7-3-19)18-20-10-24(21-13-22(29)15-23(30)14-21)34-26(11-20)39-27-17-32-25(16-33-27)36-8-4-31-5-9-36/h10-11,13-17,19,31H,2-9,12,18H2,1H3. The van der Waals surface area contributed by atoms with Gasteiger partial charge in [-0.2, -0.15) is 0 Å². The predicted octanol–water partition coefficient (Wildman–Crippen LogP) is 4.82. The van der Waals surface area contributed by atoms with E-state index in [1.54, 1.807) is 18.5 Å². The largest absolute Gasteiger partial charge is 0.469 e. The molecule has 0 atom stereocenters. The molecule has 1 aromatic carbocycles. The van der Waals surface area contributed by atoms with Gasteiger partial charge in [0.25, 0.3) is 0 Å². The number of hydrogen-bond donors (Lipinski definition) is 1. The lowest BCUT2D eigenvalue weighted by molar-refractivity contribution is -0.142. The lowest BCUT2D eigenvalue weighted by atomic mass is 9.93. The molecule has 2 saturated heterocycles. The minimum atomic E-state index is -0.140. The third kappa shape index (κ3) is 7.57. The molecule has 0 spiro atoms. The molecule has 2 aliphatic rings. The Morgan fingerprint density at radius 2 is 1.72 bits per heavy atom. The molecule has 0 radical (unpaired) electrons. The smallest absolute Gasteiger partial charge is 0.305 e. The Balaban J connectivity index is 1.34. The number of benzene rings is 1. The fourth-order valence-corrected chi connectivity index (χ4v) is 5.53. The number of nitrogens with zero attached hydrogens (tertiary/aromatic N) is 5. The summed E-state index contributed by atoms with van der Waals surface area (Å²) in [7, 11) is 1.44. The van der Waals surface area contributed by atoms with Gasteiger partial charge in [0.05, 0.1) is 25.2 Å². The van der Waals surface area contributed by atoms with Crippen LogP contribution in [0, 0.1) is 5.92 Å². The summed E-state index contributed by atoms with van der Waals surface area (Å²) in [5.41, 5.74) is 2.55. The Hall–Kier alpha value is -2.98. The number of methoxy groups -OCH3 is 1. The number of carbonyl (C=O) groups excluding carboxylic acids is 1. The van der Waals surface area contributed by atoms with Crippen LogP contribution in [0.3, 0.4) is 0 Å². The fourth-order valence-electron chi connectivity index (χ4n) is 5.00. The molecule has 0 unspecified atom stereocenters. The first-order valence-electron chi connectivity index (χ1n) is 13.2. The number of nitrogens with one attached hydrogen (secondary N) is 1. The van der Waals surface area contributed by atoms with Crippen LogP contribution in [0.2, 0.25) is 10.0 Å². The Bertz CT molecular complexity index is 1260. The summed E-state index contributed by atoms with van der Waals surface area (Å²) in [6.07, 6.45) is 5.75. The molecular formula is C28H32Cl2N6O3. The van der Waals surface area contributed by atoms with Crippen molar-refractivity contribution in [2.45, 2.75) is 25.8 Å². The molecule has 2 fully saturated rings. The molecule has 1 N–H and O–H groups in total. The highest BCUT2D eigenvalue weighted by molar-refractivity contribution is 6.35. The number of anilines is 1. The van der Waals surface area contributed by atoms with E-state index in [9.17, 15) is 4.79 Å². The lowest BCUT2D eigenvalue weighted by Crippen LogP contribution is -2.43. The molecule has 4 heterocycles. The molecule has 0 amide bonds. The molecule has 0 aliphatic carbocycles. The number of rotatable bonds is 8. The summed E-state index contributed by atoms with van der Waals surface area (Å²) in [4.78, 5) is 30.0. The van der Waals surface area contributed by atoms with E-state index in [4.69, 9.17) is 37.7 Å². The van der Waals surface area contributed by atoms with Gasteiger partial charge in [-0.25, -0.2) is 15.0 Å². The molecule has 206 valence electrons. The van der Waals surface area contributed by atoms with E-state index >= 15 is 0 Å². The first kappa shape index (κ1) is 27.6. The lowest BCUT2D eigenvalue weighted by Gasteiger charge is -2.31. The second-order valence-corrected chi connectivity index (χ2v) is 10.8. The number of esters is 1. The van der Waals surface area contributed by atoms with Crippen molar-refractivity contribution in [1.82, 2.24) is 25.2 Å². The predicted molar refractivity (Wildman–Crippen MR) is 152 cm³/mol. The topological polar surface area (TPSA) is 92.7 Å². The average Bonchev–Trinajstić information content (AvgIpc) is 2.94. The molecule has 3 aromatic rings. The third-order valence-corrected chi connectivity index (χ3v) is 7.52. The number of carbonyl (C=O) groups is 1. The van der Waals surface area contributed by atoms with Gasteiger partial charge in [-0.3, -0.25) is 9.69 Å². The van der Waals surface area contributed by atoms with Crippen LogP contribution in [0.1, 0.15) is 24.8 Å². The maximum atomic E-state index is 11.7. The Morgan fingerprint density at radius 3 is 2.38 bits per heavy atom. The van der Waals surface area contributed by atoms with Crippen LogP contribution in [-0.4, -0.2) is 72.2 Å². The van der Waals surface area contributed by atoms with Crippen molar-refractivity contribution in [3.05, 3.63) is 58.3 Å². The van der Waals surface area contributed by atoms with Crippen LogP contribution >= 0.6 is 23.2 Å². The van der Waals surface area contributed by atoms with Crippen LogP contribution in [0.15, 0.2) is 42.7 Å². The second-order valence-electron chi connectivity index (χ2n) is 9.91. The highest BCUT2D eigenvalue weighted by Crippen LogP contribution is 2.31. The summed E-state index contributed by atoms with van der Waals surface area (Å²) in [5, 5.41) is 4.41. The minimum Gasteiger partial charge on any atom is -0.469 e. The Kier molecular flexibility index (Phi) is 9.13. The molecule has 2 aliphatic heterocycles. The number of aromatic nitrogens is 3. The van der Waals surface area contributed by atoms with Crippen molar-refractivity contribution in [3.63, 3.8) is 0 Å². The number of pyridine rings is 1. The van der Waals surface area contributed by atoms with Gasteiger partial charge in [-0.15, -0.1) is 0 Å². The third-order valence-electron chi connectivity index (χ3n) is 7.08. The van der Waals surface area contributed by atoms with Crippen molar-refractivity contribution in [2.24, 2.45) is 5.92 Å². The maximum absolute atomic E-state index is 11.7. The average molecular weight is 572 g/mol. The van der Waals surface area contributed by atoms with E-state index in [0.29, 0.717) is 39.8 Å². The fraction of sp³-hybridized carbons (Fsp3) is 0.429. The summed E-state index contributed by atoms with van der Waals surface area (Å²) in [6.45, 7) is 6.16. The number of piperidine rings is 1. The van der Waals surface area contributed by atoms with Crippen LogP contribution in [0.5, 0.6) is 11.8 Å². The maximum Gasteiger partial charge on any atom is 0.305 e. The van der Waals surface area contributed by atoms with Gasteiger partial charge in [-0.1, -0.05) is 23.2 Å². The second kappa shape index (κ2) is 12.9. The molecule has 2 aromatic heterocycles. The number of hydrogen-bond acceptors (Lipinski definition) is 9. The summed E-state index contributed by atoms with van der Waals surface area (Å²) in [6, 6.07) is 9.34. The monoisotopic (exact) mass is 570 g/mol. The van der Waals surface area contributed by atoms with Crippen molar-refractivity contribution >= 4 is 35.0 Å². The minimum absolute atomic E-state index is 0.140. The molecule has 5 rings (SSSR count). The van der Waals surface area contributed by atoms with Gasteiger partial charge >= 0.3 is 5.97 Å². The van der Waals surface area contributed by atoms with E-state index in [1.807, 2.05) is 24.3 Å². The molecule has 39 heavy (non-hydrogen) atoms. The molecule has 11 heteroatoms. The van der Waals surface area contributed by atoms with Gasteiger partial charge in [0.2, 0.25) is 11.8 Å². The molecule has 0 saturated carbocycles. The normalized spacial score (nSPS) is 16.7. The Labute approximate surface area is 238 Å². The van der Waals surface area contributed by atoms with Crippen molar-refractivity contribution in [1.29, 1.82) is 0 Å². The number of piperazine rings is 1. The SMILES string of the molecule is COC(=O)CC1CCN(Cc2cc(Oc3cnc(N4CCNCC4)cn3)nc(-c3cc(Cl)cc(Cl)c3)c2)CC1. The van der Waals surface area contributed by atoms with E-state index in [2.05, 4.69) is 25.1 Å². The van der Waals surface area contributed by atoms with Crippen molar-refractivity contribution in [3.8, 4) is 23.0 Å². The van der Waals surface area contributed by atoms with Gasteiger partial charge < -0.3 is 19.7 Å². The van der Waals surface area contributed by atoms with Crippen LogP contribution in [0.4, 0.5) is 5.82 Å². The Morgan fingerprint density at radius 1 is 0.974 bits per heavy atom. The van der Waals surface area contributed by atoms with Crippen LogP contribution in [-0.2, 0) is 16.1 Å². The van der Waals surface area contributed by atoms with Crippen LogP contribution in [0.25, 0.3) is 11.3 Å².